The molecule has 1 fully saturated rings. The first-order chi connectivity index (χ1) is 10.3. The number of benzene rings is 1. The van der Waals surface area contributed by atoms with E-state index in [0.717, 1.165) is 33.4 Å². The van der Waals surface area contributed by atoms with Crippen LogP contribution in [-0.4, -0.2) is 23.2 Å². The van der Waals surface area contributed by atoms with Gasteiger partial charge in [0.25, 0.3) is 0 Å². The summed E-state index contributed by atoms with van der Waals surface area (Å²) in [6.07, 6.45) is 2.36. The molecule has 1 aliphatic heterocycles. The molecular weight excluding hydrogens is 334 g/mol. The van der Waals surface area contributed by atoms with Crippen LogP contribution < -0.4 is 14.8 Å². The van der Waals surface area contributed by atoms with Crippen LogP contribution >= 0.6 is 15.9 Å². The molecule has 0 unspecified atom stereocenters. The zero-order valence-electron chi connectivity index (χ0n) is 11.3. The number of anilines is 2. The van der Waals surface area contributed by atoms with Crippen LogP contribution in [0.25, 0.3) is 0 Å². The minimum atomic E-state index is 0.517. The van der Waals surface area contributed by atoms with Crippen molar-refractivity contribution in [2.24, 2.45) is 0 Å². The highest BCUT2D eigenvalue weighted by Crippen LogP contribution is 2.39. The molecule has 5 nitrogen and oxygen atoms in total. The molecule has 108 valence electrons. The smallest absolute Gasteiger partial charge is 0.163 e. The van der Waals surface area contributed by atoms with E-state index in [4.69, 9.17) is 9.47 Å². The Labute approximate surface area is 130 Å². The van der Waals surface area contributed by atoms with Crippen molar-refractivity contribution in [1.29, 1.82) is 0 Å². The Morgan fingerprint density at radius 3 is 2.67 bits per heavy atom. The van der Waals surface area contributed by atoms with E-state index in [1.807, 2.05) is 24.3 Å². The molecule has 0 atom stereocenters. The molecule has 1 saturated carbocycles. The van der Waals surface area contributed by atoms with Crippen molar-refractivity contribution in [1.82, 2.24) is 9.97 Å². The summed E-state index contributed by atoms with van der Waals surface area (Å²) in [7, 11) is 0. The summed E-state index contributed by atoms with van der Waals surface area (Å²) in [5.41, 5.74) is 0.923. The standard InChI is InChI=1S/C15H14BrN3O2/c16-13-8-14(19-15(18-13)9-1-2-9)17-10-3-4-11-12(7-10)21-6-5-20-11/h3-4,7-9H,1-2,5-6H2,(H,17,18,19). The number of fused-ring (bicyclic) bond motifs is 1. The Kier molecular flexibility index (Phi) is 3.18. The van der Waals surface area contributed by atoms with E-state index in [0.29, 0.717) is 19.1 Å². The van der Waals surface area contributed by atoms with E-state index in [2.05, 4.69) is 31.2 Å². The number of hydrogen-bond donors (Lipinski definition) is 1. The molecule has 6 heteroatoms. The maximum Gasteiger partial charge on any atom is 0.163 e. The number of nitrogens with one attached hydrogen (secondary N) is 1. The fourth-order valence-corrected chi connectivity index (χ4v) is 2.69. The molecule has 0 radical (unpaired) electrons. The second-order valence-electron chi connectivity index (χ2n) is 5.19. The van der Waals surface area contributed by atoms with E-state index in [1.165, 1.54) is 12.8 Å². The fourth-order valence-electron chi connectivity index (χ4n) is 2.29. The second kappa shape index (κ2) is 5.18. The van der Waals surface area contributed by atoms with Gasteiger partial charge in [0.15, 0.2) is 11.5 Å². The van der Waals surface area contributed by atoms with Crippen LogP contribution in [0, 0.1) is 0 Å². The summed E-state index contributed by atoms with van der Waals surface area (Å²) in [6, 6.07) is 7.68. The molecule has 0 bridgehead atoms. The first kappa shape index (κ1) is 12.9. The molecule has 0 saturated heterocycles. The largest absolute Gasteiger partial charge is 0.486 e. The number of rotatable bonds is 3. The van der Waals surface area contributed by atoms with Gasteiger partial charge in [0.05, 0.1) is 0 Å². The lowest BCUT2D eigenvalue weighted by molar-refractivity contribution is 0.171. The topological polar surface area (TPSA) is 56.3 Å². The normalized spacial score (nSPS) is 16.6. The lowest BCUT2D eigenvalue weighted by atomic mass is 10.2. The Hall–Kier alpha value is -1.82. The van der Waals surface area contributed by atoms with E-state index < -0.39 is 0 Å². The summed E-state index contributed by atoms with van der Waals surface area (Å²) < 4.78 is 11.9. The van der Waals surface area contributed by atoms with Crippen molar-refractivity contribution in [2.45, 2.75) is 18.8 Å². The third kappa shape index (κ3) is 2.81. The Bertz CT molecular complexity index is 689. The number of nitrogens with zero attached hydrogens (tertiary/aromatic N) is 2. The van der Waals surface area contributed by atoms with Gasteiger partial charge in [-0.1, -0.05) is 0 Å². The predicted molar refractivity (Wildman–Crippen MR) is 82.4 cm³/mol. The minimum Gasteiger partial charge on any atom is -0.486 e. The van der Waals surface area contributed by atoms with E-state index in [-0.39, 0.29) is 0 Å². The second-order valence-corrected chi connectivity index (χ2v) is 6.00. The zero-order chi connectivity index (χ0) is 14.2. The van der Waals surface area contributed by atoms with Gasteiger partial charge in [-0.15, -0.1) is 0 Å². The zero-order valence-corrected chi connectivity index (χ0v) is 12.9. The predicted octanol–water partition coefficient (Wildman–Crippen LogP) is 3.63. The summed E-state index contributed by atoms with van der Waals surface area (Å²) >= 11 is 3.45. The summed E-state index contributed by atoms with van der Waals surface area (Å²) in [5, 5.41) is 3.30. The highest BCUT2D eigenvalue weighted by Gasteiger charge is 2.27. The van der Waals surface area contributed by atoms with Gasteiger partial charge in [-0.05, 0) is 40.9 Å². The average Bonchev–Trinajstić information content (AvgIpc) is 3.31. The molecule has 1 aromatic carbocycles. The lowest BCUT2D eigenvalue weighted by Gasteiger charge is -2.19. The molecule has 2 heterocycles. The van der Waals surface area contributed by atoms with Crippen molar-refractivity contribution in [3.63, 3.8) is 0 Å². The van der Waals surface area contributed by atoms with Gasteiger partial charge < -0.3 is 14.8 Å². The Morgan fingerprint density at radius 1 is 1.05 bits per heavy atom. The molecule has 21 heavy (non-hydrogen) atoms. The number of hydrogen-bond acceptors (Lipinski definition) is 5. The van der Waals surface area contributed by atoms with Crippen molar-refractivity contribution in [2.75, 3.05) is 18.5 Å². The van der Waals surface area contributed by atoms with Gasteiger partial charge in [-0.2, -0.15) is 0 Å². The Morgan fingerprint density at radius 2 is 1.86 bits per heavy atom. The van der Waals surface area contributed by atoms with Crippen molar-refractivity contribution < 1.29 is 9.47 Å². The van der Waals surface area contributed by atoms with Crippen LogP contribution in [0.1, 0.15) is 24.6 Å². The first-order valence-electron chi connectivity index (χ1n) is 6.99. The molecule has 2 aromatic rings. The van der Waals surface area contributed by atoms with Gasteiger partial charge in [0.1, 0.15) is 29.5 Å². The van der Waals surface area contributed by atoms with Gasteiger partial charge in [0, 0.05) is 23.7 Å². The molecule has 4 rings (SSSR count). The van der Waals surface area contributed by atoms with Crippen molar-refractivity contribution >= 4 is 27.4 Å². The molecule has 2 aliphatic rings. The van der Waals surface area contributed by atoms with Gasteiger partial charge in [-0.3, -0.25) is 0 Å². The molecule has 1 aromatic heterocycles. The van der Waals surface area contributed by atoms with Crippen LogP contribution in [0.5, 0.6) is 11.5 Å². The SMILES string of the molecule is Brc1cc(Nc2ccc3c(c2)OCCO3)nc(C2CC2)n1. The summed E-state index contributed by atoms with van der Waals surface area (Å²) in [5.74, 6) is 3.76. The van der Waals surface area contributed by atoms with Crippen LogP contribution in [0.4, 0.5) is 11.5 Å². The molecular formula is C15H14BrN3O2. The first-order valence-corrected chi connectivity index (χ1v) is 7.78. The molecule has 1 N–H and O–H groups in total. The number of halogens is 1. The van der Waals surface area contributed by atoms with Crippen LogP contribution in [0.2, 0.25) is 0 Å². The van der Waals surface area contributed by atoms with E-state index in [1.54, 1.807) is 0 Å². The maximum absolute atomic E-state index is 5.59. The third-order valence-electron chi connectivity index (χ3n) is 3.47. The van der Waals surface area contributed by atoms with Crippen molar-refractivity contribution in [3.05, 3.63) is 34.7 Å². The minimum absolute atomic E-state index is 0.517. The highest BCUT2D eigenvalue weighted by atomic mass is 79.9. The summed E-state index contributed by atoms with van der Waals surface area (Å²) in [4.78, 5) is 9.01. The van der Waals surface area contributed by atoms with Crippen molar-refractivity contribution in [3.8, 4) is 11.5 Å². The van der Waals surface area contributed by atoms with Gasteiger partial charge in [0.2, 0.25) is 0 Å². The van der Waals surface area contributed by atoms with E-state index in [9.17, 15) is 0 Å². The van der Waals surface area contributed by atoms with Crippen LogP contribution in [0.3, 0.4) is 0 Å². The lowest BCUT2D eigenvalue weighted by Crippen LogP contribution is -2.15. The highest BCUT2D eigenvalue weighted by molar-refractivity contribution is 9.10. The average molecular weight is 348 g/mol. The monoisotopic (exact) mass is 347 g/mol. The Balaban J connectivity index is 1.60. The number of ether oxygens (including phenoxy) is 2. The maximum atomic E-state index is 5.59. The quantitative estimate of drug-likeness (QED) is 0.859. The third-order valence-corrected chi connectivity index (χ3v) is 3.88. The fraction of sp³-hybridized carbons (Fsp3) is 0.333. The molecule has 0 spiro atoms. The summed E-state index contributed by atoms with van der Waals surface area (Å²) in [6.45, 7) is 1.19. The van der Waals surface area contributed by atoms with E-state index >= 15 is 0 Å². The van der Waals surface area contributed by atoms with Gasteiger partial charge >= 0.3 is 0 Å². The van der Waals surface area contributed by atoms with Crippen LogP contribution in [-0.2, 0) is 0 Å². The molecule has 1 aliphatic carbocycles. The molecule has 0 amide bonds. The number of aromatic nitrogens is 2. The van der Waals surface area contributed by atoms with Gasteiger partial charge in [-0.25, -0.2) is 9.97 Å². The van der Waals surface area contributed by atoms with Crippen LogP contribution in [0.15, 0.2) is 28.9 Å².